The molecule has 7 N–H and O–H groups in total. The van der Waals surface area contributed by atoms with Crippen molar-refractivity contribution in [2.45, 2.75) is 79.1 Å². The number of carbonyl (C=O) groups is 2. The second-order valence-corrected chi connectivity index (χ2v) is 22.6. The fourth-order valence-corrected chi connectivity index (χ4v) is 12.4. The van der Waals surface area contributed by atoms with Crippen LogP contribution in [0.15, 0.2) is 76.5 Å². The van der Waals surface area contributed by atoms with E-state index in [2.05, 4.69) is 63.7 Å². The number of unbranched alkanes of at least 4 members (excludes halogenated alkanes) is 1. The summed E-state index contributed by atoms with van der Waals surface area (Å²) in [7, 11) is -7.34. The third-order valence-corrected chi connectivity index (χ3v) is 16.6. The molecule has 3 aromatic rings. The fraction of sp³-hybridized carbons (Fsp3) is 0.571. The van der Waals surface area contributed by atoms with E-state index in [-0.39, 0.29) is 46.1 Å². The Balaban J connectivity index is 0.680. The van der Waals surface area contributed by atoms with E-state index in [1.807, 2.05) is 6.07 Å². The zero-order valence-electron chi connectivity index (χ0n) is 41.0. The molecule has 0 unspecified atom stereocenters. The number of halogens is 1. The highest BCUT2D eigenvalue weighted by Crippen LogP contribution is 2.41. The number of ether oxygens (including phenoxy) is 3. The van der Waals surface area contributed by atoms with Gasteiger partial charge in [-0.1, -0.05) is 29.8 Å². The lowest BCUT2D eigenvalue weighted by molar-refractivity contribution is 0.0595. The van der Waals surface area contributed by atoms with Crippen LogP contribution in [-0.2, 0) is 35.9 Å². The van der Waals surface area contributed by atoms with E-state index in [0.29, 0.717) is 127 Å². The van der Waals surface area contributed by atoms with Crippen molar-refractivity contribution in [3.8, 4) is 11.8 Å². The maximum absolute atomic E-state index is 13.4. The maximum Gasteiger partial charge on any atom is 0.314 e. The van der Waals surface area contributed by atoms with Gasteiger partial charge in [0.1, 0.15) is 11.9 Å². The van der Waals surface area contributed by atoms with Crippen molar-refractivity contribution in [1.82, 2.24) is 50.7 Å². The third-order valence-electron chi connectivity index (χ3n) is 13.3. The smallest absolute Gasteiger partial charge is 0.314 e. The van der Waals surface area contributed by atoms with Gasteiger partial charge in [-0.25, -0.2) is 35.9 Å². The van der Waals surface area contributed by atoms with Gasteiger partial charge in [0.05, 0.1) is 53.9 Å². The van der Waals surface area contributed by atoms with E-state index in [9.17, 15) is 31.7 Å². The zero-order valence-corrected chi connectivity index (χ0v) is 43.3. The molecular formula is C49H70ClN11O9S2. The number of amides is 4. The average Bonchev–Trinajstić information content (AvgIpc) is 4.11. The second-order valence-electron chi connectivity index (χ2n) is 18.7. The molecular weight excluding hydrogens is 986 g/mol. The summed E-state index contributed by atoms with van der Waals surface area (Å²) >= 11 is 6.45. The van der Waals surface area contributed by atoms with Crippen molar-refractivity contribution >= 4 is 43.7 Å². The van der Waals surface area contributed by atoms with E-state index >= 15 is 0 Å². The molecule has 0 spiro atoms. The van der Waals surface area contributed by atoms with E-state index in [1.54, 1.807) is 60.7 Å². The quantitative estimate of drug-likeness (QED) is 0.0571. The molecule has 3 saturated heterocycles. The van der Waals surface area contributed by atoms with Crippen molar-refractivity contribution < 1.29 is 40.6 Å². The largest absolute Gasteiger partial charge is 0.484 e. The van der Waals surface area contributed by atoms with Crippen LogP contribution in [0.4, 0.5) is 9.59 Å². The van der Waals surface area contributed by atoms with Crippen molar-refractivity contribution in [1.29, 1.82) is 5.26 Å². The highest BCUT2D eigenvalue weighted by molar-refractivity contribution is 7.89. The molecule has 20 nitrogen and oxygen atoms in total. The van der Waals surface area contributed by atoms with Crippen LogP contribution in [0.5, 0.6) is 5.75 Å². The van der Waals surface area contributed by atoms with Crippen LogP contribution in [-0.4, -0.2) is 179 Å². The van der Waals surface area contributed by atoms with Crippen LogP contribution < -0.4 is 40.8 Å². The van der Waals surface area contributed by atoms with E-state index in [1.165, 1.54) is 0 Å². The first-order valence-electron chi connectivity index (χ1n) is 25.0. The Morgan fingerprint density at radius 1 is 0.736 bits per heavy atom. The Morgan fingerprint density at radius 3 is 1.85 bits per heavy atom. The summed E-state index contributed by atoms with van der Waals surface area (Å²) in [6.45, 7) is 11.9. The number of fused-ring (bicyclic) bond motifs is 1. The lowest BCUT2D eigenvalue weighted by Gasteiger charge is -2.38. The molecule has 23 heteroatoms. The Morgan fingerprint density at radius 2 is 1.29 bits per heavy atom. The number of piperazine rings is 1. The number of carbonyl (C=O) groups excluding carboxylic acids is 2. The van der Waals surface area contributed by atoms with Crippen LogP contribution in [0.1, 0.15) is 55.4 Å². The van der Waals surface area contributed by atoms with Crippen molar-refractivity contribution in [3.05, 3.63) is 88.4 Å². The molecule has 3 aromatic carbocycles. The normalized spacial score (nSPS) is 21.8. The molecule has 0 saturated carbocycles. The van der Waals surface area contributed by atoms with Gasteiger partial charge in [-0.2, -0.15) is 5.26 Å². The average molecular weight is 1060 g/mol. The van der Waals surface area contributed by atoms with Crippen molar-refractivity contribution in [2.24, 2.45) is 0 Å². The molecule has 72 heavy (non-hydrogen) atoms. The summed E-state index contributed by atoms with van der Waals surface area (Å²) in [6, 6.07) is 20.0. The van der Waals surface area contributed by atoms with Gasteiger partial charge in [-0.15, -0.1) is 0 Å². The van der Waals surface area contributed by atoms with Gasteiger partial charge < -0.3 is 40.8 Å². The standard InChI is InChI=1S/C49H70ClN11O9S2/c1-36-33-61(22-17-52-36)46-31-44-37(32-51)29-38(50)30-45(44)47(46)70-41-9-11-43(12-10-41)72(66,67)58-40-14-21-60(35-40)24-28-69-26-19-56-49(63)54-16-6-5-15-53-48(62)55-18-25-68-27-23-59-20-13-39(34-59)57-71(64,65)42-7-3-2-4-8-42/h2-4,7-12,29-30,36,39-40,46-47,52,57-58H,5-6,13-28,31,33-35H2,1H3,(H2,53,55,62)(H2,54,56,63)/t36-,39-,40-,46-,47-/m0/s1. The predicted molar refractivity (Wildman–Crippen MR) is 273 cm³/mol. The molecule has 4 amide bonds. The van der Waals surface area contributed by atoms with Gasteiger partial charge in [0.25, 0.3) is 0 Å². The lowest BCUT2D eigenvalue weighted by atomic mass is 10.0. The molecule has 0 aromatic heterocycles. The molecule has 394 valence electrons. The first-order chi connectivity index (χ1) is 34.8. The van der Waals surface area contributed by atoms with Crippen LogP contribution in [0.2, 0.25) is 5.02 Å². The van der Waals surface area contributed by atoms with Crippen LogP contribution >= 0.6 is 11.6 Å². The molecule has 0 radical (unpaired) electrons. The van der Waals surface area contributed by atoms with Gasteiger partial charge in [-0.3, -0.25) is 14.7 Å². The summed E-state index contributed by atoms with van der Waals surface area (Å²) in [6.07, 6.45) is 3.05. The number of rotatable bonds is 26. The van der Waals surface area contributed by atoms with E-state index in [4.69, 9.17) is 25.8 Å². The second kappa shape index (κ2) is 27.1. The third kappa shape index (κ3) is 16.4. The highest BCUT2D eigenvalue weighted by atomic mass is 35.5. The maximum atomic E-state index is 13.4. The van der Waals surface area contributed by atoms with Gasteiger partial charge >= 0.3 is 12.1 Å². The number of hydrogen-bond donors (Lipinski definition) is 7. The summed E-state index contributed by atoms with van der Waals surface area (Å²) in [5.41, 5.74) is 2.39. The number of benzene rings is 3. The Labute approximate surface area is 429 Å². The monoisotopic (exact) mass is 1060 g/mol. The number of hydrogen-bond acceptors (Lipinski definition) is 14. The van der Waals surface area contributed by atoms with E-state index in [0.717, 1.165) is 50.3 Å². The van der Waals surface area contributed by atoms with Crippen LogP contribution in [0, 0.1) is 11.3 Å². The number of sulfonamides is 2. The molecule has 3 heterocycles. The Kier molecular flexibility index (Phi) is 20.7. The molecule has 3 fully saturated rings. The van der Waals surface area contributed by atoms with Crippen molar-refractivity contribution in [3.63, 3.8) is 0 Å². The molecule has 7 rings (SSSR count). The molecule has 1 aliphatic carbocycles. The predicted octanol–water partition coefficient (Wildman–Crippen LogP) is 2.37. The van der Waals surface area contributed by atoms with Crippen molar-refractivity contribution in [2.75, 3.05) is 112 Å². The van der Waals surface area contributed by atoms with Gasteiger partial charge in [0.15, 0.2) is 0 Å². The fourth-order valence-electron chi connectivity index (χ4n) is 9.61. The highest BCUT2D eigenvalue weighted by Gasteiger charge is 2.41. The first-order valence-corrected chi connectivity index (χ1v) is 28.3. The minimum absolute atomic E-state index is 0.00325. The minimum Gasteiger partial charge on any atom is -0.484 e. The Hall–Kier alpha value is -4.64. The van der Waals surface area contributed by atoms with Gasteiger partial charge in [-0.05, 0) is 112 Å². The molecule has 0 bridgehead atoms. The molecule has 5 atom stereocenters. The minimum atomic E-state index is -3.79. The van der Waals surface area contributed by atoms with Crippen LogP contribution in [0.25, 0.3) is 0 Å². The van der Waals surface area contributed by atoms with Gasteiger partial charge in [0.2, 0.25) is 20.0 Å². The molecule has 3 aliphatic heterocycles. The Bertz CT molecular complexity index is 2510. The molecule has 4 aliphatic rings. The summed E-state index contributed by atoms with van der Waals surface area (Å²) in [5.74, 6) is 0.531. The topological polar surface area (TPSA) is 248 Å². The number of likely N-dealkylation sites (tertiary alicyclic amines) is 2. The summed E-state index contributed by atoms with van der Waals surface area (Å²) in [5, 5.41) is 25.0. The number of nitrogens with zero attached hydrogens (tertiary/aromatic N) is 4. The summed E-state index contributed by atoms with van der Waals surface area (Å²) in [4.78, 5) is 31.4. The zero-order chi connectivity index (χ0) is 50.9. The lowest BCUT2D eigenvalue weighted by Crippen LogP contribution is -2.54. The first kappa shape index (κ1) is 55.1. The van der Waals surface area contributed by atoms with E-state index < -0.39 is 20.0 Å². The van der Waals surface area contributed by atoms with Crippen LogP contribution in [0.3, 0.4) is 0 Å². The number of nitrogens with one attached hydrogen (secondary N) is 7. The summed E-state index contributed by atoms with van der Waals surface area (Å²) < 4.78 is 75.7. The number of urea groups is 2. The SMILES string of the molecule is C[C@H]1CN([C@H]2Cc3c(C#N)cc(Cl)cc3[C@@H]2Oc2ccc(S(=O)(=O)N[C@H]3CCN(CCOCCNC(=O)NCCCCNC(=O)NCCOCCN4CC[C@H](NS(=O)(=O)c5ccccc5)C4)C3)cc2)CCN1. The number of nitriles is 1. The van der Waals surface area contributed by atoms with Gasteiger partial charge in [0, 0.05) is 95.1 Å².